The molecular weight excluding hydrogens is 525 g/mol. The first kappa shape index (κ1) is 28.4. The molecule has 1 spiro atoms. The van der Waals surface area contributed by atoms with Crippen LogP contribution in [0.15, 0.2) is 24.3 Å². The number of likely N-dealkylation sites (tertiary alicyclic amines) is 1. The molecule has 1 aromatic heterocycles. The standard InChI is InChI=1S/C32H42FN3O5/c1-39-28-18-22(35-30-25(28)6-4-14-34-30)5-2-3-16-40-23-10-15-36(19-23)29(31(37)38)26-17-21(33)7-8-24(26)27-9-11-32(12-13-32)20-41-27/h7-8,17-18,23,27,29H,2-6,9-16,19-20H2,1H3,(H,34,35)(H,37,38)/t23-,27?,29?/m1/s1. The molecule has 3 fully saturated rings. The number of fused-ring (bicyclic) bond motifs is 1. The van der Waals surface area contributed by atoms with Gasteiger partial charge in [-0.2, -0.15) is 0 Å². The number of hydrogen-bond acceptors (Lipinski definition) is 7. The molecule has 222 valence electrons. The van der Waals surface area contributed by atoms with Crippen LogP contribution in [0.2, 0.25) is 0 Å². The van der Waals surface area contributed by atoms with Crippen molar-refractivity contribution in [2.24, 2.45) is 5.41 Å². The highest BCUT2D eigenvalue weighted by atomic mass is 19.1. The quantitative estimate of drug-likeness (QED) is 0.346. The maximum absolute atomic E-state index is 14.4. The summed E-state index contributed by atoms with van der Waals surface area (Å²) in [5.41, 5.74) is 3.84. The van der Waals surface area contributed by atoms with Crippen LogP contribution >= 0.6 is 0 Å². The minimum absolute atomic E-state index is 0.0410. The van der Waals surface area contributed by atoms with Gasteiger partial charge < -0.3 is 24.6 Å². The fraction of sp³-hybridized carbons (Fsp3) is 0.625. The Labute approximate surface area is 241 Å². The highest BCUT2D eigenvalue weighted by Crippen LogP contribution is 2.55. The number of carboxylic acids is 1. The van der Waals surface area contributed by atoms with E-state index in [2.05, 4.69) is 11.4 Å². The summed E-state index contributed by atoms with van der Waals surface area (Å²) in [6, 6.07) is 5.67. The number of nitrogens with zero attached hydrogens (tertiary/aromatic N) is 2. The molecule has 2 aromatic rings. The largest absolute Gasteiger partial charge is 0.496 e. The molecule has 3 aliphatic heterocycles. The van der Waals surface area contributed by atoms with Crippen molar-refractivity contribution in [3.05, 3.63) is 52.5 Å². The lowest BCUT2D eigenvalue weighted by Gasteiger charge is -2.33. The Hall–Kier alpha value is -2.75. The molecule has 0 amide bonds. The molecule has 4 heterocycles. The molecule has 1 aliphatic carbocycles. The summed E-state index contributed by atoms with van der Waals surface area (Å²) in [6.07, 6.45) is 9.64. The molecule has 2 saturated heterocycles. The lowest BCUT2D eigenvalue weighted by molar-refractivity contribution is -0.143. The minimum Gasteiger partial charge on any atom is -0.496 e. The number of carboxylic acid groups (broad SMARTS) is 1. The van der Waals surface area contributed by atoms with Crippen molar-refractivity contribution < 1.29 is 28.5 Å². The van der Waals surface area contributed by atoms with E-state index in [0.717, 1.165) is 80.7 Å². The number of pyridine rings is 1. The van der Waals surface area contributed by atoms with E-state index in [0.29, 0.717) is 37.3 Å². The first-order chi connectivity index (χ1) is 19.9. The van der Waals surface area contributed by atoms with Gasteiger partial charge in [-0.3, -0.25) is 9.69 Å². The van der Waals surface area contributed by atoms with Gasteiger partial charge in [-0.15, -0.1) is 0 Å². The van der Waals surface area contributed by atoms with Crippen molar-refractivity contribution in [3.63, 3.8) is 0 Å². The predicted molar refractivity (Wildman–Crippen MR) is 153 cm³/mol. The van der Waals surface area contributed by atoms with Crippen molar-refractivity contribution >= 4 is 11.8 Å². The Morgan fingerprint density at radius 1 is 1.27 bits per heavy atom. The Kier molecular flexibility index (Phi) is 8.47. The average Bonchev–Trinajstić information content (AvgIpc) is 3.57. The molecule has 9 heteroatoms. The van der Waals surface area contributed by atoms with Crippen molar-refractivity contribution in [2.45, 2.75) is 82.5 Å². The van der Waals surface area contributed by atoms with E-state index < -0.39 is 17.8 Å². The van der Waals surface area contributed by atoms with E-state index in [-0.39, 0.29) is 12.2 Å². The maximum atomic E-state index is 14.4. The summed E-state index contributed by atoms with van der Waals surface area (Å²) in [5, 5.41) is 13.7. The van der Waals surface area contributed by atoms with Crippen LogP contribution in [0.3, 0.4) is 0 Å². The number of ether oxygens (including phenoxy) is 3. The molecular formula is C32H42FN3O5. The first-order valence-corrected chi connectivity index (χ1v) is 15.2. The Morgan fingerprint density at radius 2 is 2.15 bits per heavy atom. The van der Waals surface area contributed by atoms with Crippen molar-refractivity contribution in [1.29, 1.82) is 0 Å². The number of carbonyl (C=O) groups is 1. The van der Waals surface area contributed by atoms with Crippen molar-refractivity contribution in [3.8, 4) is 5.75 Å². The zero-order valence-corrected chi connectivity index (χ0v) is 24.0. The van der Waals surface area contributed by atoms with Crippen LogP contribution in [0, 0.1) is 11.2 Å². The lowest BCUT2D eigenvalue weighted by Crippen LogP contribution is -2.35. The second-order valence-corrected chi connectivity index (χ2v) is 12.3. The third-order valence-electron chi connectivity index (χ3n) is 9.38. The molecule has 6 rings (SSSR count). The summed E-state index contributed by atoms with van der Waals surface area (Å²) >= 11 is 0. The molecule has 0 bridgehead atoms. The Bertz CT molecular complexity index is 1220. The van der Waals surface area contributed by atoms with E-state index >= 15 is 0 Å². The zero-order chi connectivity index (χ0) is 28.4. The predicted octanol–water partition coefficient (Wildman–Crippen LogP) is 5.46. The van der Waals surface area contributed by atoms with Crippen molar-refractivity contribution in [2.75, 3.05) is 45.3 Å². The van der Waals surface area contributed by atoms with Gasteiger partial charge in [0.1, 0.15) is 23.4 Å². The van der Waals surface area contributed by atoms with Gasteiger partial charge in [0.05, 0.1) is 25.9 Å². The van der Waals surface area contributed by atoms with Gasteiger partial charge in [0.2, 0.25) is 0 Å². The van der Waals surface area contributed by atoms with Crippen LogP contribution in [0.1, 0.15) is 85.9 Å². The number of aromatic nitrogens is 1. The van der Waals surface area contributed by atoms with Gasteiger partial charge in [-0.1, -0.05) is 6.07 Å². The van der Waals surface area contributed by atoms with E-state index in [1.54, 1.807) is 13.2 Å². The summed E-state index contributed by atoms with van der Waals surface area (Å²) in [7, 11) is 1.71. The number of halogens is 1. The molecule has 41 heavy (non-hydrogen) atoms. The van der Waals surface area contributed by atoms with Crippen LogP contribution < -0.4 is 10.1 Å². The Balaban J connectivity index is 1.02. The fourth-order valence-corrected chi connectivity index (χ4v) is 6.80. The van der Waals surface area contributed by atoms with Crippen LogP contribution in [-0.2, 0) is 27.1 Å². The van der Waals surface area contributed by atoms with Gasteiger partial charge in [-0.05, 0) is 92.9 Å². The third-order valence-corrected chi connectivity index (χ3v) is 9.38. The first-order valence-electron chi connectivity index (χ1n) is 15.2. The van der Waals surface area contributed by atoms with E-state index in [4.69, 9.17) is 19.2 Å². The van der Waals surface area contributed by atoms with Gasteiger partial charge >= 0.3 is 5.97 Å². The summed E-state index contributed by atoms with van der Waals surface area (Å²) in [4.78, 5) is 19.3. The summed E-state index contributed by atoms with van der Waals surface area (Å²) < 4.78 is 32.4. The van der Waals surface area contributed by atoms with E-state index in [1.165, 1.54) is 30.5 Å². The number of methoxy groups -OCH3 is 1. The normalized spacial score (nSPS) is 24.0. The van der Waals surface area contributed by atoms with Crippen LogP contribution in [0.4, 0.5) is 10.2 Å². The van der Waals surface area contributed by atoms with Crippen LogP contribution in [0.5, 0.6) is 5.75 Å². The van der Waals surface area contributed by atoms with Crippen molar-refractivity contribution in [1.82, 2.24) is 9.88 Å². The van der Waals surface area contributed by atoms with Gasteiger partial charge in [-0.25, -0.2) is 9.37 Å². The number of benzene rings is 1. The number of anilines is 1. The second-order valence-electron chi connectivity index (χ2n) is 12.3. The molecule has 3 atom stereocenters. The van der Waals surface area contributed by atoms with E-state index in [9.17, 15) is 14.3 Å². The van der Waals surface area contributed by atoms with Crippen LogP contribution in [0.25, 0.3) is 0 Å². The Morgan fingerprint density at radius 3 is 2.90 bits per heavy atom. The monoisotopic (exact) mass is 567 g/mol. The topological polar surface area (TPSA) is 93.2 Å². The SMILES string of the molecule is COc1cc(CCCCO[C@@H]2CCN(C(C(=O)O)c3cc(F)ccc3C3CCC4(CC4)CO3)C2)nc2c1CCCN2. The molecule has 2 unspecified atom stereocenters. The molecule has 1 aromatic carbocycles. The highest BCUT2D eigenvalue weighted by molar-refractivity contribution is 5.76. The lowest BCUT2D eigenvalue weighted by atomic mass is 9.88. The van der Waals surface area contributed by atoms with Gasteiger partial charge in [0.15, 0.2) is 0 Å². The highest BCUT2D eigenvalue weighted by Gasteiger charge is 2.46. The van der Waals surface area contributed by atoms with Gasteiger partial charge in [0.25, 0.3) is 0 Å². The molecule has 4 aliphatic rings. The number of hydrogen-bond donors (Lipinski definition) is 2. The number of unbranched alkanes of at least 4 members (excludes halogenated alkanes) is 1. The molecule has 1 saturated carbocycles. The average molecular weight is 568 g/mol. The minimum atomic E-state index is -0.963. The van der Waals surface area contributed by atoms with E-state index in [1.807, 2.05) is 4.90 Å². The van der Waals surface area contributed by atoms with Crippen LogP contribution in [-0.4, -0.2) is 67.0 Å². The van der Waals surface area contributed by atoms with Gasteiger partial charge in [0, 0.05) is 43.6 Å². The number of rotatable bonds is 11. The molecule has 0 radical (unpaired) electrons. The molecule has 2 N–H and O–H groups in total. The summed E-state index contributed by atoms with van der Waals surface area (Å²) in [5.74, 6) is 0.479. The second kappa shape index (κ2) is 12.2. The zero-order valence-electron chi connectivity index (χ0n) is 24.0. The summed E-state index contributed by atoms with van der Waals surface area (Å²) in [6.45, 7) is 3.37. The third kappa shape index (κ3) is 6.37. The smallest absolute Gasteiger partial charge is 0.325 e. The molecule has 8 nitrogen and oxygen atoms in total. The maximum Gasteiger partial charge on any atom is 0.325 e. The number of aliphatic carboxylic acids is 1. The number of nitrogens with one attached hydrogen (secondary N) is 1. The number of aryl methyl sites for hydroxylation is 1. The fourth-order valence-electron chi connectivity index (χ4n) is 6.80.